The average molecular weight is 381 g/mol. The summed E-state index contributed by atoms with van der Waals surface area (Å²) in [6.07, 6.45) is 5.46. The van der Waals surface area contributed by atoms with Gasteiger partial charge in [-0.2, -0.15) is 4.31 Å². The molecule has 26 heavy (non-hydrogen) atoms. The molecule has 0 aromatic heterocycles. The van der Waals surface area contributed by atoms with E-state index in [2.05, 4.69) is 0 Å². The number of hydrogen-bond acceptors (Lipinski definition) is 4. The van der Waals surface area contributed by atoms with E-state index >= 15 is 0 Å². The van der Waals surface area contributed by atoms with Gasteiger partial charge in [0, 0.05) is 25.9 Å². The quantitative estimate of drug-likeness (QED) is 0.781. The molecule has 1 aliphatic heterocycles. The van der Waals surface area contributed by atoms with Crippen LogP contribution in [0.3, 0.4) is 0 Å². The molecule has 2 rings (SSSR count). The van der Waals surface area contributed by atoms with Crippen LogP contribution >= 0.6 is 0 Å². The van der Waals surface area contributed by atoms with Crippen LogP contribution < -0.4 is 0 Å². The van der Waals surface area contributed by atoms with Crippen LogP contribution in [-0.4, -0.2) is 67.2 Å². The Morgan fingerprint density at radius 2 is 1.88 bits per heavy atom. The average Bonchev–Trinajstić information content (AvgIpc) is 2.57. The normalized spacial score (nSPS) is 23.8. The Labute approximate surface area is 156 Å². The third-order valence-corrected chi connectivity index (χ3v) is 6.23. The van der Waals surface area contributed by atoms with Crippen LogP contribution in [-0.2, 0) is 14.8 Å². The summed E-state index contributed by atoms with van der Waals surface area (Å²) < 4.78 is 25.8. The zero-order chi connectivity index (χ0) is 19.5. The minimum Gasteiger partial charge on any atom is -0.395 e. The van der Waals surface area contributed by atoms with Gasteiger partial charge in [-0.3, -0.25) is 4.79 Å². The molecule has 7 heteroatoms. The highest BCUT2D eigenvalue weighted by Crippen LogP contribution is 2.42. The monoisotopic (exact) mass is 380 g/mol. The maximum absolute atomic E-state index is 12.2. The maximum Gasteiger partial charge on any atom is 0.222 e. The Hall–Kier alpha value is -1.70. The number of nitrogens with zero attached hydrogens (tertiary/aromatic N) is 2. The highest BCUT2D eigenvalue weighted by molar-refractivity contribution is 7.88. The molecule has 6 nitrogen and oxygen atoms in total. The lowest BCUT2D eigenvalue weighted by Gasteiger charge is -2.54. The van der Waals surface area contributed by atoms with E-state index in [1.54, 1.807) is 18.9 Å². The first-order chi connectivity index (χ1) is 12.2. The van der Waals surface area contributed by atoms with E-state index in [1.807, 2.05) is 43.3 Å². The summed E-state index contributed by atoms with van der Waals surface area (Å²) in [5, 5.41) is 9.80. The smallest absolute Gasteiger partial charge is 0.222 e. The predicted molar refractivity (Wildman–Crippen MR) is 103 cm³/mol. The van der Waals surface area contributed by atoms with E-state index in [-0.39, 0.29) is 24.5 Å². The van der Waals surface area contributed by atoms with E-state index in [0.717, 1.165) is 17.4 Å². The van der Waals surface area contributed by atoms with Gasteiger partial charge in [0.25, 0.3) is 0 Å². The molecule has 0 saturated carbocycles. The van der Waals surface area contributed by atoms with Crippen molar-refractivity contribution in [2.24, 2.45) is 0 Å². The van der Waals surface area contributed by atoms with Crippen LogP contribution in [0.4, 0.5) is 0 Å². The van der Waals surface area contributed by atoms with E-state index in [1.165, 1.54) is 4.31 Å². The molecule has 0 aliphatic carbocycles. The Morgan fingerprint density at radius 1 is 1.27 bits per heavy atom. The van der Waals surface area contributed by atoms with E-state index in [4.69, 9.17) is 0 Å². The molecule has 144 valence electrons. The zero-order valence-corrected chi connectivity index (χ0v) is 16.6. The lowest BCUT2D eigenvalue weighted by Crippen LogP contribution is -2.68. The first-order valence-electron chi connectivity index (χ1n) is 8.80. The van der Waals surface area contributed by atoms with Gasteiger partial charge in [0.05, 0.1) is 24.9 Å². The van der Waals surface area contributed by atoms with Crippen LogP contribution in [0.5, 0.6) is 0 Å². The summed E-state index contributed by atoms with van der Waals surface area (Å²) in [4.78, 5) is 13.5. The molecule has 1 aromatic rings. The molecular weight excluding hydrogens is 352 g/mol. The lowest BCUT2D eigenvalue weighted by molar-refractivity contribution is -0.131. The molecule has 1 fully saturated rings. The Kier molecular flexibility index (Phi) is 6.60. The van der Waals surface area contributed by atoms with Crippen molar-refractivity contribution in [3.63, 3.8) is 0 Å². The molecule has 1 saturated heterocycles. The Morgan fingerprint density at radius 3 is 2.35 bits per heavy atom. The molecule has 0 unspecified atom stereocenters. The molecule has 1 aromatic carbocycles. The Bertz CT molecular complexity index is 758. The highest BCUT2D eigenvalue weighted by Gasteiger charge is 2.53. The van der Waals surface area contributed by atoms with Gasteiger partial charge in [0.1, 0.15) is 0 Å². The first-order valence-corrected chi connectivity index (χ1v) is 10.6. The number of amides is 1. The van der Waals surface area contributed by atoms with Gasteiger partial charge in [-0.1, -0.05) is 43.3 Å². The van der Waals surface area contributed by atoms with Crippen LogP contribution in [0.1, 0.15) is 37.3 Å². The van der Waals surface area contributed by atoms with Gasteiger partial charge in [-0.25, -0.2) is 8.42 Å². The molecule has 1 aliphatic rings. The third kappa shape index (κ3) is 4.16. The fraction of sp³-hybridized carbons (Fsp3) is 0.526. The van der Waals surface area contributed by atoms with Crippen molar-refractivity contribution in [2.75, 3.05) is 26.5 Å². The number of hydrogen-bond donors (Lipinski definition) is 1. The zero-order valence-electron chi connectivity index (χ0n) is 15.8. The fourth-order valence-electron chi connectivity index (χ4n) is 3.72. The van der Waals surface area contributed by atoms with Crippen molar-refractivity contribution >= 4 is 22.0 Å². The molecule has 3 atom stereocenters. The second kappa shape index (κ2) is 8.33. The van der Waals surface area contributed by atoms with Crippen molar-refractivity contribution in [1.82, 2.24) is 9.21 Å². The summed E-state index contributed by atoms with van der Waals surface area (Å²) in [6, 6.07) is 7.01. The molecule has 1 amide bonds. The topological polar surface area (TPSA) is 77.9 Å². The maximum atomic E-state index is 12.2. The van der Waals surface area contributed by atoms with Crippen molar-refractivity contribution in [1.29, 1.82) is 0 Å². The standard InChI is InChI=1S/C19H28N2O4S/c1-5-7-14-8-10-15(11-9-14)19-16(12-20(3)18(23)6-2)21(17(19)13-22)26(4,24)25/h5,7-11,16-17,19,22H,6,12-13H2,1-4H3/b7-5+/t16-,17+,19-/m0/s1. The van der Waals surface area contributed by atoms with Gasteiger partial charge < -0.3 is 10.0 Å². The van der Waals surface area contributed by atoms with Gasteiger partial charge >= 0.3 is 0 Å². The lowest BCUT2D eigenvalue weighted by atomic mass is 9.77. The molecule has 1 N–H and O–H groups in total. The van der Waals surface area contributed by atoms with Crippen LogP contribution in [0.2, 0.25) is 0 Å². The van der Waals surface area contributed by atoms with Gasteiger partial charge in [-0.05, 0) is 18.1 Å². The molecule has 0 spiro atoms. The minimum absolute atomic E-state index is 0.0342. The second-order valence-corrected chi connectivity index (χ2v) is 8.62. The second-order valence-electron chi connectivity index (χ2n) is 6.73. The number of allylic oxidation sites excluding steroid dienone is 1. The summed E-state index contributed by atoms with van der Waals surface area (Å²) >= 11 is 0. The van der Waals surface area contributed by atoms with Crippen LogP contribution in [0, 0.1) is 0 Å². The van der Waals surface area contributed by atoms with Crippen molar-refractivity contribution < 1.29 is 18.3 Å². The molecule has 0 radical (unpaired) electrons. The number of carbonyl (C=O) groups excluding carboxylic acids is 1. The number of carbonyl (C=O) groups is 1. The van der Waals surface area contributed by atoms with Crippen LogP contribution in [0.25, 0.3) is 6.08 Å². The summed E-state index contributed by atoms with van der Waals surface area (Å²) in [5.41, 5.74) is 2.03. The number of benzene rings is 1. The Balaban J connectivity index is 2.35. The van der Waals surface area contributed by atoms with Crippen molar-refractivity contribution in [3.05, 3.63) is 41.5 Å². The van der Waals surface area contributed by atoms with Crippen LogP contribution in [0.15, 0.2) is 30.3 Å². The summed E-state index contributed by atoms with van der Waals surface area (Å²) in [5.74, 6) is -0.186. The summed E-state index contributed by atoms with van der Waals surface area (Å²) in [6.45, 7) is 3.78. The number of likely N-dealkylation sites (N-methyl/N-ethyl adjacent to an activating group) is 1. The fourth-order valence-corrected chi connectivity index (χ4v) is 5.10. The predicted octanol–water partition coefficient (Wildman–Crippen LogP) is 1.68. The SMILES string of the molecule is C/C=C/c1ccc([C@@H]2[C@@H](CO)N(S(C)(=O)=O)[C@H]2CN(C)C(=O)CC)cc1. The molecular formula is C19H28N2O4S. The highest BCUT2D eigenvalue weighted by atomic mass is 32.2. The minimum atomic E-state index is -3.49. The first kappa shape index (κ1) is 20.6. The number of aliphatic hydroxyl groups excluding tert-OH is 1. The summed E-state index contributed by atoms with van der Waals surface area (Å²) in [7, 11) is -1.80. The third-order valence-electron chi connectivity index (χ3n) is 4.92. The van der Waals surface area contributed by atoms with Gasteiger partial charge in [-0.15, -0.1) is 0 Å². The molecule has 0 bridgehead atoms. The van der Waals surface area contributed by atoms with Crippen molar-refractivity contribution in [2.45, 2.75) is 38.3 Å². The van der Waals surface area contributed by atoms with Crippen molar-refractivity contribution in [3.8, 4) is 0 Å². The largest absolute Gasteiger partial charge is 0.395 e. The van der Waals surface area contributed by atoms with Gasteiger partial charge in [0.15, 0.2) is 0 Å². The van der Waals surface area contributed by atoms with E-state index in [0.29, 0.717) is 13.0 Å². The number of sulfonamides is 1. The number of aliphatic hydroxyl groups is 1. The van der Waals surface area contributed by atoms with E-state index in [9.17, 15) is 18.3 Å². The number of rotatable bonds is 7. The van der Waals surface area contributed by atoms with Gasteiger partial charge in [0.2, 0.25) is 15.9 Å². The molecule has 1 heterocycles. The van der Waals surface area contributed by atoms with E-state index < -0.39 is 16.1 Å².